The van der Waals surface area contributed by atoms with Gasteiger partial charge in [0, 0.05) is 10.2 Å². The first-order valence-electron chi connectivity index (χ1n) is 5.39. The summed E-state index contributed by atoms with van der Waals surface area (Å²) in [5.74, 6) is 1.15. The van der Waals surface area contributed by atoms with Gasteiger partial charge in [0.1, 0.15) is 0 Å². The second-order valence-electron chi connectivity index (χ2n) is 4.03. The SMILES string of the molecule is Cc1ccc(NC2=NC(C)CCS2)c(Br)c1. The fraction of sp³-hybridized carbons (Fsp3) is 0.417. The summed E-state index contributed by atoms with van der Waals surface area (Å²) in [5.41, 5.74) is 2.34. The van der Waals surface area contributed by atoms with E-state index >= 15 is 0 Å². The number of aliphatic imine (C=N–C) groups is 1. The molecule has 1 aromatic rings. The number of benzene rings is 1. The molecule has 1 aliphatic heterocycles. The van der Waals surface area contributed by atoms with Crippen molar-refractivity contribution in [1.29, 1.82) is 0 Å². The van der Waals surface area contributed by atoms with Crippen LogP contribution in [0.1, 0.15) is 18.9 Å². The molecular weight excluding hydrogens is 284 g/mol. The Hall–Kier alpha value is -0.480. The number of thioether (sulfide) groups is 1. The van der Waals surface area contributed by atoms with Gasteiger partial charge in [0.25, 0.3) is 0 Å². The van der Waals surface area contributed by atoms with Crippen molar-refractivity contribution >= 4 is 38.5 Å². The second-order valence-corrected chi connectivity index (χ2v) is 5.97. The van der Waals surface area contributed by atoms with Gasteiger partial charge in [-0.25, -0.2) is 0 Å². The van der Waals surface area contributed by atoms with Gasteiger partial charge in [-0.05, 0) is 53.9 Å². The average molecular weight is 299 g/mol. The molecule has 2 nitrogen and oxygen atoms in total. The van der Waals surface area contributed by atoms with Crippen molar-refractivity contribution in [3.8, 4) is 0 Å². The van der Waals surface area contributed by atoms with Gasteiger partial charge in [-0.3, -0.25) is 4.99 Å². The lowest BCUT2D eigenvalue weighted by molar-refractivity contribution is 0.720. The smallest absolute Gasteiger partial charge is 0.161 e. The first-order chi connectivity index (χ1) is 7.65. The second kappa shape index (κ2) is 5.23. The van der Waals surface area contributed by atoms with Gasteiger partial charge >= 0.3 is 0 Å². The van der Waals surface area contributed by atoms with Crippen molar-refractivity contribution in [3.05, 3.63) is 28.2 Å². The van der Waals surface area contributed by atoms with Crippen LogP contribution in [0.15, 0.2) is 27.7 Å². The zero-order valence-electron chi connectivity index (χ0n) is 9.46. The summed E-state index contributed by atoms with van der Waals surface area (Å²) >= 11 is 5.36. The minimum atomic E-state index is 0.438. The summed E-state index contributed by atoms with van der Waals surface area (Å²) in [4.78, 5) is 4.59. The summed E-state index contributed by atoms with van der Waals surface area (Å²) in [6, 6.07) is 6.74. The molecule has 1 heterocycles. The molecule has 86 valence electrons. The number of rotatable bonds is 1. The van der Waals surface area contributed by atoms with E-state index in [1.54, 1.807) is 11.8 Å². The minimum absolute atomic E-state index is 0.438. The maximum absolute atomic E-state index is 4.59. The predicted molar refractivity (Wildman–Crippen MR) is 76.5 cm³/mol. The summed E-state index contributed by atoms with van der Waals surface area (Å²) in [7, 11) is 0. The number of nitrogens with zero attached hydrogens (tertiary/aromatic N) is 1. The van der Waals surface area contributed by atoms with E-state index in [9.17, 15) is 0 Å². The molecule has 1 aliphatic rings. The van der Waals surface area contributed by atoms with Crippen LogP contribution in [0.25, 0.3) is 0 Å². The molecule has 1 N–H and O–H groups in total. The van der Waals surface area contributed by atoms with Crippen LogP contribution >= 0.6 is 27.7 Å². The fourth-order valence-corrected chi connectivity index (χ4v) is 3.21. The van der Waals surface area contributed by atoms with Gasteiger partial charge in [0.05, 0.1) is 11.7 Å². The lowest BCUT2D eigenvalue weighted by Crippen LogP contribution is -2.18. The first-order valence-corrected chi connectivity index (χ1v) is 7.17. The zero-order valence-corrected chi connectivity index (χ0v) is 11.9. The fourth-order valence-electron chi connectivity index (χ4n) is 1.53. The molecule has 0 fully saturated rings. The van der Waals surface area contributed by atoms with Crippen molar-refractivity contribution in [2.75, 3.05) is 11.1 Å². The van der Waals surface area contributed by atoms with E-state index in [0.29, 0.717) is 6.04 Å². The molecule has 0 amide bonds. The maximum atomic E-state index is 4.59. The Kier molecular flexibility index (Phi) is 3.92. The molecule has 16 heavy (non-hydrogen) atoms. The van der Waals surface area contributed by atoms with E-state index in [-0.39, 0.29) is 0 Å². The third kappa shape index (κ3) is 3.01. The number of aryl methyl sites for hydroxylation is 1. The van der Waals surface area contributed by atoms with Crippen LogP contribution in [0.3, 0.4) is 0 Å². The van der Waals surface area contributed by atoms with Gasteiger partial charge in [-0.1, -0.05) is 17.8 Å². The molecule has 0 saturated heterocycles. The Balaban J connectivity index is 2.14. The van der Waals surface area contributed by atoms with E-state index in [4.69, 9.17) is 0 Å². The normalized spacial score (nSPS) is 20.4. The number of hydrogen-bond acceptors (Lipinski definition) is 3. The van der Waals surface area contributed by atoms with Gasteiger partial charge in [0.2, 0.25) is 0 Å². The number of amidine groups is 1. The van der Waals surface area contributed by atoms with Crippen LogP contribution < -0.4 is 5.32 Å². The van der Waals surface area contributed by atoms with Crippen LogP contribution in [0.5, 0.6) is 0 Å². The largest absolute Gasteiger partial charge is 0.334 e. The first kappa shape index (κ1) is 12.0. The van der Waals surface area contributed by atoms with Crippen molar-refractivity contribution in [2.45, 2.75) is 26.3 Å². The van der Waals surface area contributed by atoms with Crippen LogP contribution in [0.4, 0.5) is 5.69 Å². The lowest BCUT2D eigenvalue weighted by atomic mass is 10.2. The van der Waals surface area contributed by atoms with Crippen molar-refractivity contribution in [1.82, 2.24) is 0 Å². The zero-order chi connectivity index (χ0) is 11.5. The molecule has 1 aromatic carbocycles. The molecule has 2 rings (SSSR count). The van der Waals surface area contributed by atoms with Crippen LogP contribution in [0.2, 0.25) is 0 Å². The van der Waals surface area contributed by atoms with Gasteiger partial charge in [-0.15, -0.1) is 0 Å². The van der Waals surface area contributed by atoms with E-state index in [1.165, 1.54) is 12.0 Å². The molecular formula is C12H15BrN2S. The topological polar surface area (TPSA) is 24.4 Å². The van der Waals surface area contributed by atoms with E-state index in [0.717, 1.165) is 21.1 Å². The Labute approximate surface area is 109 Å². The summed E-state index contributed by atoms with van der Waals surface area (Å²) in [6.45, 7) is 4.25. The Morgan fingerprint density at radius 3 is 3.00 bits per heavy atom. The van der Waals surface area contributed by atoms with Crippen LogP contribution in [-0.2, 0) is 0 Å². The van der Waals surface area contributed by atoms with E-state index in [2.05, 4.69) is 58.3 Å². The highest BCUT2D eigenvalue weighted by atomic mass is 79.9. The highest BCUT2D eigenvalue weighted by Crippen LogP contribution is 2.26. The molecule has 4 heteroatoms. The highest BCUT2D eigenvalue weighted by molar-refractivity contribution is 9.10. The number of halogens is 1. The highest BCUT2D eigenvalue weighted by Gasteiger charge is 2.12. The number of anilines is 1. The van der Waals surface area contributed by atoms with E-state index < -0.39 is 0 Å². The molecule has 0 spiro atoms. The number of hydrogen-bond donors (Lipinski definition) is 1. The third-order valence-corrected chi connectivity index (χ3v) is 4.06. The van der Waals surface area contributed by atoms with Crippen molar-refractivity contribution < 1.29 is 0 Å². The maximum Gasteiger partial charge on any atom is 0.161 e. The third-order valence-electron chi connectivity index (χ3n) is 2.48. The molecule has 0 saturated carbocycles. The molecule has 0 bridgehead atoms. The van der Waals surface area contributed by atoms with Crippen LogP contribution in [0, 0.1) is 6.92 Å². The molecule has 0 aromatic heterocycles. The quantitative estimate of drug-likeness (QED) is 0.846. The molecule has 1 unspecified atom stereocenters. The molecule has 1 atom stereocenters. The Bertz CT molecular complexity index is 417. The van der Waals surface area contributed by atoms with E-state index in [1.807, 2.05) is 0 Å². The summed E-state index contributed by atoms with van der Waals surface area (Å²) < 4.78 is 1.09. The van der Waals surface area contributed by atoms with Gasteiger partial charge in [-0.2, -0.15) is 0 Å². The van der Waals surface area contributed by atoms with Crippen molar-refractivity contribution in [3.63, 3.8) is 0 Å². The lowest BCUT2D eigenvalue weighted by Gasteiger charge is -2.18. The standard InChI is InChI=1S/C12H15BrN2S/c1-8-3-4-11(10(13)7-8)15-12-14-9(2)5-6-16-12/h3-4,7,9H,5-6H2,1-2H3,(H,14,15). The Morgan fingerprint density at radius 2 is 2.31 bits per heavy atom. The monoisotopic (exact) mass is 298 g/mol. The summed E-state index contributed by atoms with van der Waals surface area (Å²) in [5, 5.41) is 4.40. The average Bonchev–Trinajstić information content (AvgIpc) is 2.22. The Morgan fingerprint density at radius 1 is 1.50 bits per heavy atom. The van der Waals surface area contributed by atoms with Gasteiger partial charge < -0.3 is 5.32 Å². The van der Waals surface area contributed by atoms with Gasteiger partial charge in [0.15, 0.2) is 5.17 Å². The minimum Gasteiger partial charge on any atom is -0.334 e. The molecule has 0 aliphatic carbocycles. The van der Waals surface area contributed by atoms with Crippen molar-refractivity contribution in [2.24, 2.45) is 4.99 Å². The van der Waals surface area contributed by atoms with Crippen LogP contribution in [-0.4, -0.2) is 17.0 Å². The summed E-state index contributed by atoms with van der Waals surface area (Å²) in [6.07, 6.45) is 1.17. The number of nitrogens with one attached hydrogen (secondary N) is 1. The molecule has 0 radical (unpaired) electrons. The predicted octanol–water partition coefficient (Wildman–Crippen LogP) is 4.05.